The number of carbonyl (C=O) groups is 1. The maximum Gasteiger partial charge on any atom is 0.163 e. The fourth-order valence-electron chi connectivity index (χ4n) is 3.92. The second kappa shape index (κ2) is 9.52. The molecule has 0 bridgehead atoms. The second-order valence-corrected chi connectivity index (χ2v) is 9.55. The quantitative estimate of drug-likeness (QED) is 0.457. The molecule has 0 saturated carbocycles. The van der Waals surface area contributed by atoms with Crippen LogP contribution in [0.3, 0.4) is 0 Å². The maximum atomic E-state index is 12.5. The van der Waals surface area contributed by atoms with Crippen LogP contribution in [0.5, 0.6) is 5.75 Å². The molecule has 0 radical (unpaired) electrons. The van der Waals surface area contributed by atoms with Gasteiger partial charge in [0.1, 0.15) is 11.9 Å². The summed E-state index contributed by atoms with van der Waals surface area (Å²) in [7, 11) is 0. The minimum absolute atomic E-state index is 0.138. The van der Waals surface area contributed by atoms with Crippen molar-refractivity contribution in [2.75, 3.05) is 0 Å². The number of hydrogen-bond donors (Lipinski definition) is 0. The van der Waals surface area contributed by atoms with E-state index in [0.29, 0.717) is 18.2 Å². The Hall–Kier alpha value is -2.53. The van der Waals surface area contributed by atoms with E-state index in [4.69, 9.17) is 4.74 Å². The van der Waals surface area contributed by atoms with E-state index in [1.165, 1.54) is 11.1 Å². The SMILES string of the molecule is CC(C)SCc1c(OC(Cn2ccnc2)c2ccccc2)ccc2c1CCCC2=O. The number of rotatable bonds is 8. The van der Waals surface area contributed by atoms with Gasteiger partial charge < -0.3 is 9.30 Å². The fraction of sp³-hybridized carbons (Fsp3) is 0.360. The van der Waals surface area contributed by atoms with Gasteiger partial charge in [0.05, 0.1) is 12.9 Å². The number of thioether (sulfide) groups is 1. The Morgan fingerprint density at radius 2 is 1.97 bits per heavy atom. The van der Waals surface area contributed by atoms with Gasteiger partial charge in [-0.15, -0.1) is 0 Å². The molecule has 5 heteroatoms. The summed E-state index contributed by atoms with van der Waals surface area (Å²) in [5.74, 6) is 2.01. The largest absolute Gasteiger partial charge is 0.484 e. The normalized spacial score (nSPS) is 14.6. The van der Waals surface area contributed by atoms with E-state index in [9.17, 15) is 4.79 Å². The van der Waals surface area contributed by atoms with Crippen molar-refractivity contribution in [3.8, 4) is 5.75 Å². The highest BCUT2D eigenvalue weighted by molar-refractivity contribution is 7.99. The summed E-state index contributed by atoms with van der Waals surface area (Å²) in [5, 5.41) is 0.517. The van der Waals surface area contributed by atoms with E-state index in [0.717, 1.165) is 35.5 Å². The molecule has 0 saturated heterocycles. The molecule has 30 heavy (non-hydrogen) atoms. The van der Waals surface area contributed by atoms with Crippen LogP contribution in [0.2, 0.25) is 0 Å². The van der Waals surface area contributed by atoms with Gasteiger partial charge in [-0.05, 0) is 41.4 Å². The molecular formula is C25H28N2O2S. The molecule has 0 spiro atoms. The van der Waals surface area contributed by atoms with Crippen LogP contribution in [0, 0.1) is 0 Å². The summed E-state index contributed by atoms with van der Waals surface area (Å²) in [4.78, 5) is 16.7. The van der Waals surface area contributed by atoms with Crippen LogP contribution in [-0.4, -0.2) is 20.6 Å². The molecule has 1 aliphatic carbocycles. The average molecular weight is 421 g/mol. The summed E-state index contributed by atoms with van der Waals surface area (Å²) in [6.45, 7) is 5.09. The molecule has 4 rings (SSSR count). The van der Waals surface area contributed by atoms with Crippen LogP contribution in [0.25, 0.3) is 0 Å². The Morgan fingerprint density at radius 1 is 1.13 bits per heavy atom. The van der Waals surface area contributed by atoms with Crippen LogP contribution >= 0.6 is 11.8 Å². The third-order valence-corrected chi connectivity index (χ3v) is 6.58. The maximum absolute atomic E-state index is 12.5. The first kappa shape index (κ1) is 20.7. The van der Waals surface area contributed by atoms with Crippen LogP contribution < -0.4 is 4.74 Å². The van der Waals surface area contributed by atoms with Crippen LogP contribution in [0.1, 0.15) is 59.8 Å². The van der Waals surface area contributed by atoms with Crippen LogP contribution in [0.4, 0.5) is 0 Å². The molecule has 0 amide bonds. The van der Waals surface area contributed by atoms with Gasteiger partial charge in [-0.25, -0.2) is 4.98 Å². The first-order chi connectivity index (χ1) is 14.6. The number of nitrogens with zero attached hydrogens (tertiary/aromatic N) is 2. The van der Waals surface area contributed by atoms with Crippen molar-refractivity contribution in [2.45, 2.75) is 56.8 Å². The molecular weight excluding hydrogens is 392 g/mol. The van der Waals surface area contributed by atoms with E-state index in [-0.39, 0.29) is 11.9 Å². The standard InChI is InChI=1S/C25H28N2O2S/c1-18(2)30-16-22-20-9-6-10-23(28)21(20)11-12-24(22)29-25(15-27-14-13-26-17-27)19-7-4-3-5-8-19/h3-5,7-8,11-14,17-18,25H,6,9-10,15-16H2,1-2H3. The van der Waals surface area contributed by atoms with E-state index < -0.39 is 0 Å². The molecule has 2 aromatic carbocycles. The van der Waals surface area contributed by atoms with Gasteiger partial charge in [0.15, 0.2) is 5.78 Å². The number of Topliss-reactive ketones (excluding diaryl/α,β-unsaturated/α-hetero) is 1. The first-order valence-electron chi connectivity index (χ1n) is 10.6. The molecule has 156 valence electrons. The van der Waals surface area contributed by atoms with Crippen molar-refractivity contribution >= 4 is 17.5 Å². The highest BCUT2D eigenvalue weighted by atomic mass is 32.2. The lowest BCUT2D eigenvalue weighted by atomic mass is 9.87. The zero-order chi connectivity index (χ0) is 20.9. The Balaban J connectivity index is 1.70. The van der Waals surface area contributed by atoms with Crippen molar-refractivity contribution in [3.63, 3.8) is 0 Å². The van der Waals surface area contributed by atoms with Crippen molar-refractivity contribution in [2.24, 2.45) is 0 Å². The number of ether oxygens (including phenoxy) is 1. The van der Waals surface area contributed by atoms with Crippen LogP contribution in [-0.2, 0) is 18.7 Å². The Morgan fingerprint density at radius 3 is 2.70 bits per heavy atom. The smallest absolute Gasteiger partial charge is 0.163 e. The van der Waals surface area contributed by atoms with Gasteiger partial charge >= 0.3 is 0 Å². The zero-order valence-electron chi connectivity index (χ0n) is 17.6. The summed E-state index contributed by atoms with van der Waals surface area (Å²) >= 11 is 1.89. The molecule has 1 aromatic heterocycles. The molecule has 4 nitrogen and oxygen atoms in total. The van der Waals surface area contributed by atoms with E-state index >= 15 is 0 Å². The van der Waals surface area contributed by atoms with E-state index in [2.05, 4.69) is 31.0 Å². The second-order valence-electron chi connectivity index (χ2n) is 7.98. The molecule has 3 aromatic rings. The van der Waals surface area contributed by atoms with E-state index in [1.54, 1.807) is 6.20 Å². The lowest BCUT2D eigenvalue weighted by Crippen LogP contribution is -2.18. The van der Waals surface area contributed by atoms with Gasteiger partial charge in [0.2, 0.25) is 0 Å². The van der Waals surface area contributed by atoms with Gasteiger partial charge in [0, 0.05) is 35.7 Å². The lowest BCUT2D eigenvalue weighted by molar-refractivity contribution is 0.0972. The van der Waals surface area contributed by atoms with E-state index in [1.807, 2.05) is 59.2 Å². The zero-order valence-corrected chi connectivity index (χ0v) is 18.4. The molecule has 1 atom stereocenters. The number of ketones is 1. The molecule has 0 aliphatic heterocycles. The summed E-state index contributed by atoms with van der Waals surface area (Å²) in [6.07, 6.45) is 7.95. The summed E-state index contributed by atoms with van der Waals surface area (Å²) < 4.78 is 8.71. The molecule has 1 unspecified atom stereocenters. The molecule has 0 N–H and O–H groups in total. The Bertz CT molecular complexity index is 984. The first-order valence-corrected chi connectivity index (χ1v) is 11.6. The highest BCUT2D eigenvalue weighted by Gasteiger charge is 2.24. The minimum atomic E-state index is -0.138. The molecule has 1 aliphatic rings. The van der Waals surface area contributed by atoms with Gasteiger partial charge in [-0.3, -0.25) is 4.79 Å². The Kier molecular flexibility index (Phi) is 6.58. The third-order valence-electron chi connectivity index (χ3n) is 5.46. The van der Waals surface area contributed by atoms with Gasteiger partial charge in [-0.2, -0.15) is 11.8 Å². The minimum Gasteiger partial charge on any atom is -0.484 e. The topological polar surface area (TPSA) is 44.1 Å². The third kappa shape index (κ3) is 4.78. The Labute approximate surface area is 182 Å². The average Bonchev–Trinajstić information content (AvgIpc) is 3.26. The van der Waals surface area contributed by atoms with Crippen molar-refractivity contribution in [3.05, 3.63) is 83.4 Å². The predicted molar refractivity (Wildman–Crippen MR) is 122 cm³/mol. The highest BCUT2D eigenvalue weighted by Crippen LogP contribution is 2.37. The number of aromatic nitrogens is 2. The molecule has 0 fully saturated rings. The van der Waals surface area contributed by atoms with Crippen molar-refractivity contribution in [1.82, 2.24) is 9.55 Å². The van der Waals surface area contributed by atoms with Crippen molar-refractivity contribution in [1.29, 1.82) is 0 Å². The number of carbonyl (C=O) groups excluding carboxylic acids is 1. The van der Waals surface area contributed by atoms with Crippen molar-refractivity contribution < 1.29 is 9.53 Å². The van der Waals surface area contributed by atoms with Gasteiger partial charge in [0.25, 0.3) is 0 Å². The monoisotopic (exact) mass is 420 g/mol. The lowest BCUT2D eigenvalue weighted by Gasteiger charge is -2.26. The molecule has 1 heterocycles. The number of hydrogen-bond acceptors (Lipinski definition) is 4. The van der Waals surface area contributed by atoms with Gasteiger partial charge in [-0.1, -0.05) is 44.2 Å². The predicted octanol–water partition coefficient (Wildman–Crippen LogP) is 5.86. The fourth-order valence-corrected chi connectivity index (χ4v) is 4.73. The number of imidazole rings is 1. The number of benzene rings is 2. The van der Waals surface area contributed by atoms with Crippen LogP contribution in [0.15, 0.2) is 61.2 Å². The summed E-state index contributed by atoms with van der Waals surface area (Å²) in [6, 6.07) is 14.3. The number of fused-ring (bicyclic) bond motifs is 1. The summed E-state index contributed by atoms with van der Waals surface area (Å²) in [5.41, 5.74) is 4.39.